The molecule has 0 aromatic heterocycles. The van der Waals surface area contributed by atoms with Gasteiger partial charge in [0.05, 0.1) is 25.4 Å². The van der Waals surface area contributed by atoms with Crippen molar-refractivity contribution in [2.45, 2.75) is 307 Å². The van der Waals surface area contributed by atoms with E-state index in [1.807, 2.05) is 6.08 Å². The Bertz CT molecular complexity index is 1810. The van der Waals surface area contributed by atoms with Crippen molar-refractivity contribution in [2.24, 2.45) is 0 Å². The lowest BCUT2D eigenvalue weighted by molar-refractivity contribution is -0.305. The minimum atomic E-state index is -1.63. The smallest absolute Gasteiger partial charge is 0.306 e. The number of aliphatic hydroxyl groups excluding tert-OH is 5. The Morgan fingerprint density at radius 3 is 1.33 bits per heavy atom. The van der Waals surface area contributed by atoms with E-state index in [0.29, 0.717) is 12.8 Å². The van der Waals surface area contributed by atoms with Crippen molar-refractivity contribution in [2.75, 3.05) is 13.2 Å². The molecule has 1 heterocycles. The molecule has 0 aromatic rings. The Morgan fingerprint density at radius 1 is 0.482 bits per heavy atom. The van der Waals surface area contributed by atoms with Crippen LogP contribution >= 0.6 is 0 Å². The zero-order valence-electron chi connectivity index (χ0n) is 52.5. The summed E-state index contributed by atoms with van der Waals surface area (Å²) in [6, 6.07) is -1.04. The maximum Gasteiger partial charge on any atom is 0.306 e. The van der Waals surface area contributed by atoms with Crippen LogP contribution < -0.4 is 5.32 Å². The van der Waals surface area contributed by atoms with Crippen LogP contribution in [0.4, 0.5) is 0 Å². The molecule has 0 aliphatic carbocycles. The predicted molar refractivity (Wildman–Crippen MR) is 347 cm³/mol. The number of amides is 1. The quantitative estimate of drug-likeness (QED) is 0.0195. The molecule has 0 spiro atoms. The molecule has 1 fully saturated rings. The molecule has 1 rings (SSSR count). The third kappa shape index (κ3) is 46.0. The normalized spacial score (nSPS) is 19.3. The molecular formula is C72H121NO10. The summed E-state index contributed by atoms with van der Waals surface area (Å²) >= 11 is 0. The van der Waals surface area contributed by atoms with E-state index in [0.717, 1.165) is 148 Å². The maximum absolute atomic E-state index is 13.4. The van der Waals surface area contributed by atoms with Gasteiger partial charge in [-0.2, -0.15) is 0 Å². The molecular weight excluding hydrogens is 1040 g/mol. The second-order valence-electron chi connectivity index (χ2n) is 22.5. The highest BCUT2D eigenvalue weighted by molar-refractivity contribution is 5.80. The third-order valence-electron chi connectivity index (χ3n) is 14.8. The number of carbonyl (C=O) groups excluding carboxylic acids is 2. The fourth-order valence-corrected chi connectivity index (χ4v) is 9.60. The lowest BCUT2D eigenvalue weighted by atomic mass is 9.99. The summed E-state index contributed by atoms with van der Waals surface area (Å²) in [7, 11) is 0. The largest absolute Gasteiger partial charge is 0.454 e. The van der Waals surface area contributed by atoms with E-state index in [4.69, 9.17) is 14.2 Å². The summed E-state index contributed by atoms with van der Waals surface area (Å²) in [6.07, 6.45) is 70.8. The van der Waals surface area contributed by atoms with Gasteiger partial charge in [0.15, 0.2) is 12.4 Å². The van der Waals surface area contributed by atoms with Crippen LogP contribution in [-0.4, -0.2) is 99.6 Å². The summed E-state index contributed by atoms with van der Waals surface area (Å²) in [5, 5.41) is 57.1. The predicted octanol–water partition coefficient (Wildman–Crippen LogP) is 16.6. The van der Waals surface area contributed by atoms with Gasteiger partial charge < -0.3 is 45.1 Å². The molecule has 0 saturated carbocycles. The molecule has 11 heteroatoms. The average Bonchev–Trinajstić information content (AvgIpc) is 3.68. The van der Waals surface area contributed by atoms with Crippen LogP contribution in [0.1, 0.15) is 258 Å². The van der Waals surface area contributed by atoms with Gasteiger partial charge in [0.25, 0.3) is 0 Å². The zero-order valence-corrected chi connectivity index (χ0v) is 52.5. The van der Waals surface area contributed by atoms with Gasteiger partial charge in [-0.1, -0.05) is 258 Å². The van der Waals surface area contributed by atoms with Crippen molar-refractivity contribution < 1.29 is 49.3 Å². The molecule has 8 atom stereocenters. The van der Waals surface area contributed by atoms with Crippen LogP contribution in [-0.2, 0) is 23.8 Å². The van der Waals surface area contributed by atoms with Crippen LogP contribution in [0, 0.1) is 0 Å². The van der Waals surface area contributed by atoms with Gasteiger partial charge in [0.1, 0.15) is 24.4 Å². The molecule has 6 N–H and O–H groups in total. The number of aliphatic hydroxyl groups is 5. The Morgan fingerprint density at radius 2 is 0.867 bits per heavy atom. The number of nitrogens with one attached hydrogen (secondary N) is 1. The molecule has 1 aliphatic rings. The Kier molecular flexibility index (Phi) is 54.3. The minimum Gasteiger partial charge on any atom is -0.454 e. The van der Waals surface area contributed by atoms with Crippen LogP contribution in [0.5, 0.6) is 0 Å². The first-order valence-electron chi connectivity index (χ1n) is 33.3. The summed E-state index contributed by atoms with van der Waals surface area (Å²) < 4.78 is 17.6. The maximum atomic E-state index is 13.4. The number of esters is 1. The van der Waals surface area contributed by atoms with Gasteiger partial charge in [-0.3, -0.25) is 9.59 Å². The molecule has 1 saturated heterocycles. The van der Waals surface area contributed by atoms with Gasteiger partial charge in [0.2, 0.25) is 5.91 Å². The van der Waals surface area contributed by atoms with Crippen molar-refractivity contribution in [1.29, 1.82) is 0 Å². The number of ether oxygens (including phenoxy) is 3. The van der Waals surface area contributed by atoms with E-state index in [-0.39, 0.29) is 19.4 Å². The Labute approximate surface area is 506 Å². The highest BCUT2D eigenvalue weighted by Gasteiger charge is 2.47. The van der Waals surface area contributed by atoms with Crippen LogP contribution in [0.2, 0.25) is 0 Å². The van der Waals surface area contributed by atoms with E-state index in [1.54, 1.807) is 6.08 Å². The van der Waals surface area contributed by atoms with Gasteiger partial charge in [-0.05, 0) is 116 Å². The van der Waals surface area contributed by atoms with Crippen LogP contribution in [0.25, 0.3) is 0 Å². The van der Waals surface area contributed by atoms with E-state index in [9.17, 15) is 35.1 Å². The van der Waals surface area contributed by atoms with Crippen LogP contribution in [0.15, 0.2) is 122 Å². The second kappa shape index (κ2) is 58.4. The van der Waals surface area contributed by atoms with Gasteiger partial charge >= 0.3 is 5.97 Å². The zero-order chi connectivity index (χ0) is 60.3. The first kappa shape index (κ1) is 77.1. The van der Waals surface area contributed by atoms with Gasteiger partial charge in [-0.15, -0.1) is 0 Å². The molecule has 474 valence electrons. The van der Waals surface area contributed by atoms with Crippen molar-refractivity contribution >= 4 is 11.9 Å². The van der Waals surface area contributed by atoms with Gasteiger partial charge in [-0.25, -0.2) is 0 Å². The number of hydrogen-bond donors (Lipinski definition) is 6. The summed E-state index contributed by atoms with van der Waals surface area (Å²) in [5.41, 5.74) is 0. The molecule has 0 bridgehead atoms. The molecule has 1 amide bonds. The molecule has 0 aromatic carbocycles. The standard InChI is InChI=1S/C72H121NO10/c1-4-7-10-13-16-19-22-24-26-28-30-32-33-34-36-38-40-42-45-48-51-54-57-60-67(77)83-70-69(79)68(78)66(61-74)82-72(70)81-62-63(64(75)58-55-52-49-46-43-21-18-15-12-9-6-3)73-71(80)65(76)59-56-53-50-47-44-41-39-37-35-31-29-27-25-23-20-17-14-11-8-5-2/h7,10,16-17,19-20,24-27,30-32,34-36,39,41,55,58,63-66,68-70,72,74-76,78-79H,4-6,8-9,11-15,18,21-23,28-29,33,37-38,40,42-54,56-57,59-62H2,1-3H3,(H,73,80)/b10-7-,19-16-,20-17-,26-24-,27-25-,32-30-,35-31-,36-34-,41-39-,58-55+. The van der Waals surface area contributed by atoms with Crippen molar-refractivity contribution in [1.82, 2.24) is 5.32 Å². The highest BCUT2D eigenvalue weighted by atomic mass is 16.7. The fraction of sp³-hybridized carbons (Fsp3) is 0.694. The van der Waals surface area contributed by atoms with E-state index >= 15 is 0 Å². The first-order valence-corrected chi connectivity index (χ1v) is 33.3. The van der Waals surface area contributed by atoms with E-state index in [1.165, 1.54) is 64.2 Å². The monoisotopic (exact) mass is 1160 g/mol. The van der Waals surface area contributed by atoms with Crippen LogP contribution in [0.3, 0.4) is 0 Å². The summed E-state index contributed by atoms with van der Waals surface area (Å²) in [6.45, 7) is 5.62. The number of allylic oxidation sites excluding steroid dienone is 19. The number of hydrogen-bond acceptors (Lipinski definition) is 10. The molecule has 83 heavy (non-hydrogen) atoms. The summed E-state index contributed by atoms with van der Waals surface area (Å²) in [4.78, 5) is 26.6. The van der Waals surface area contributed by atoms with Crippen molar-refractivity contribution in [3.8, 4) is 0 Å². The topological polar surface area (TPSA) is 175 Å². The lowest BCUT2D eigenvalue weighted by Gasteiger charge is -2.41. The third-order valence-corrected chi connectivity index (χ3v) is 14.8. The number of rotatable bonds is 55. The molecule has 8 unspecified atom stereocenters. The highest BCUT2D eigenvalue weighted by Crippen LogP contribution is 2.26. The SMILES string of the molecule is CC/C=C\C/C=C\C/C=C\C/C=C\C/C=C\CCCCCCCCCC(=O)OC1C(OCC(NC(=O)C(O)CCCCCC/C=C\C/C=C\C/C=C\C/C=C\CCCCC)C(O)/C=C/CCCCCCCCCCC)OC(CO)C(O)C1O. The minimum absolute atomic E-state index is 0.101. The molecule has 1 aliphatic heterocycles. The average molecular weight is 1160 g/mol. The van der Waals surface area contributed by atoms with Crippen molar-refractivity contribution in [3.63, 3.8) is 0 Å². The van der Waals surface area contributed by atoms with Gasteiger partial charge in [0, 0.05) is 6.42 Å². The van der Waals surface area contributed by atoms with Crippen molar-refractivity contribution in [3.05, 3.63) is 122 Å². The second-order valence-corrected chi connectivity index (χ2v) is 22.5. The fourth-order valence-electron chi connectivity index (χ4n) is 9.60. The molecule has 11 nitrogen and oxygen atoms in total. The number of unbranched alkanes of at least 4 members (excludes halogenated alkanes) is 23. The van der Waals surface area contributed by atoms with E-state index < -0.39 is 67.4 Å². The number of carbonyl (C=O) groups is 2. The van der Waals surface area contributed by atoms with E-state index in [2.05, 4.69) is 135 Å². The first-order chi connectivity index (χ1) is 40.7. The summed E-state index contributed by atoms with van der Waals surface area (Å²) in [5.74, 6) is -1.23. The lowest BCUT2D eigenvalue weighted by Crippen LogP contribution is -2.61. The molecule has 0 radical (unpaired) electrons. The Hall–Kier alpha value is -3.94. The Balaban J connectivity index is 2.64.